The second-order valence-corrected chi connectivity index (χ2v) is 6.43. The summed E-state index contributed by atoms with van der Waals surface area (Å²) in [5.74, 6) is -1.75. The van der Waals surface area contributed by atoms with E-state index in [1.165, 1.54) is 26.4 Å². The van der Waals surface area contributed by atoms with Crippen molar-refractivity contribution in [2.45, 2.75) is 6.92 Å². The van der Waals surface area contributed by atoms with Crippen LogP contribution in [0.25, 0.3) is 27.5 Å². The summed E-state index contributed by atoms with van der Waals surface area (Å²) in [4.78, 5) is 32.1. The molecule has 0 saturated heterocycles. The number of aryl methyl sites for hydroxylation is 1. The van der Waals surface area contributed by atoms with Crippen molar-refractivity contribution in [3.05, 3.63) is 57.9 Å². The Balaban J connectivity index is 2.11. The van der Waals surface area contributed by atoms with E-state index in [9.17, 15) is 14.7 Å². The summed E-state index contributed by atoms with van der Waals surface area (Å²) in [6.07, 6.45) is 1.09. The Kier molecular flexibility index (Phi) is 4.22. The Morgan fingerprint density at radius 3 is 2.62 bits per heavy atom. The molecule has 0 amide bonds. The highest BCUT2D eigenvalue weighted by Gasteiger charge is 2.21. The summed E-state index contributed by atoms with van der Waals surface area (Å²) >= 11 is 0. The molecule has 0 bridgehead atoms. The highest BCUT2D eigenvalue weighted by atomic mass is 19.1. The van der Waals surface area contributed by atoms with E-state index in [1.54, 1.807) is 19.1 Å². The van der Waals surface area contributed by atoms with Gasteiger partial charge in [-0.2, -0.15) is 0 Å². The number of rotatable bonds is 4. The van der Waals surface area contributed by atoms with Crippen molar-refractivity contribution in [3.63, 3.8) is 0 Å². The average molecular weight is 397 g/mol. The van der Waals surface area contributed by atoms with Crippen LogP contribution in [0.1, 0.15) is 16.1 Å². The molecule has 2 N–H and O–H groups in total. The van der Waals surface area contributed by atoms with Crippen molar-refractivity contribution in [3.8, 4) is 17.3 Å². The van der Waals surface area contributed by atoms with Crippen LogP contribution in [-0.4, -0.2) is 39.8 Å². The maximum Gasteiger partial charge on any atom is 0.337 e. The SMILES string of the molecule is COc1cc2c(C(=O)O)cn(-c3ccc4[nH]c(C)cc4c3F)c(=O)c2nc1OC. The van der Waals surface area contributed by atoms with Gasteiger partial charge in [0.15, 0.2) is 11.6 Å². The Morgan fingerprint density at radius 2 is 1.97 bits per heavy atom. The molecule has 9 heteroatoms. The second-order valence-electron chi connectivity index (χ2n) is 6.43. The molecular formula is C20H16FN3O5. The van der Waals surface area contributed by atoms with Gasteiger partial charge in [-0.15, -0.1) is 0 Å². The van der Waals surface area contributed by atoms with Gasteiger partial charge in [-0.3, -0.25) is 9.36 Å². The first-order chi connectivity index (χ1) is 13.8. The zero-order chi connectivity index (χ0) is 20.9. The van der Waals surface area contributed by atoms with E-state index < -0.39 is 17.3 Å². The summed E-state index contributed by atoms with van der Waals surface area (Å²) in [6, 6.07) is 6.02. The van der Waals surface area contributed by atoms with Crippen molar-refractivity contribution in [1.29, 1.82) is 0 Å². The van der Waals surface area contributed by atoms with E-state index in [2.05, 4.69) is 9.97 Å². The highest BCUT2D eigenvalue weighted by molar-refractivity contribution is 6.02. The Labute approximate surface area is 163 Å². The molecule has 0 fully saturated rings. The Hall–Kier alpha value is -3.88. The van der Waals surface area contributed by atoms with Gasteiger partial charge in [-0.25, -0.2) is 14.2 Å². The monoisotopic (exact) mass is 397 g/mol. The fourth-order valence-electron chi connectivity index (χ4n) is 3.34. The number of carboxylic acids is 1. The van der Waals surface area contributed by atoms with E-state index in [0.29, 0.717) is 10.9 Å². The first-order valence-corrected chi connectivity index (χ1v) is 8.55. The van der Waals surface area contributed by atoms with Crippen LogP contribution in [0.15, 0.2) is 35.3 Å². The summed E-state index contributed by atoms with van der Waals surface area (Å²) in [6.45, 7) is 1.79. The van der Waals surface area contributed by atoms with Crippen molar-refractivity contribution in [1.82, 2.24) is 14.5 Å². The molecule has 3 heterocycles. The maximum atomic E-state index is 15.2. The van der Waals surface area contributed by atoms with Crippen molar-refractivity contribution >= 4 is 27.8 Å². The lowest BCUT2D eigenvalue weighted by Gasteiger charge is -2.13. The molecule has 4 aromatic rings. The second kappa shape index (κ2) is 6.62. The van der Waals surface area contributed by atoms with Gasteiger partial charge in [0.25, 0.3) is 11.4 Å². The van der Waals surface area contributed by atoms with E-state index in [1.807, 2.05) is 0 Å². The smallest absolute Gasteiger partial charge is 0.337 e. The van der Waals surface area contributed by atoms with Crippen molar-refractivity contribution in [2.75, 3.05) is 14.2 Å². The van der Waals surface area contributed by atoms with Crippen LogP contribution in [0.5, 0.6) is 11.6 Å². The molecule has 1 aromatic carbocycles. The van der Waals surface area contributed by atoms with Crippen LogP contribution < -0.4 is 15.0 Å². The number of nitrogens with zero attached hydrogens (tertiary/aromatic N) is 2. The van der Waals surface area contributed by atoms with Crippen molar-refractivity contribution < 1.29 is 23.8 Å². The number of halogens is 1. The molecule has 29 heavy (non-hydrogen) atoms. The molecule has 148 valence electrons. The number of pyridine rings is 2. The predicted molar refractivity (Wildman–Crippen MR) is 104 cm³/mol. The number of benzene rings is 1. The number of H-pyrrole nitrogens is 1. The first-order valence-electron chi connectivity index (χ1n) is 8.55. The van der Waals surface area contributed by atoms with Crippen LogP contribution in [0, 0.1) is 12.7 Å². The van der Waals surface area contributed by atoms with Crippen molar-refractivity contribution in [2.24, 2.45) is 0 Å². The number of hydrogen-bond acceptors (Lipinski definition) is 5. The number of hydrogen-bond donors (Lipinski definition) is 2. The summed E-state index contributed by atoms with van der Waals surface area (Å²) in [7, 11) is 2.72. The molecule has 4 rings (SSSR count). The normalized spacial score (nSPS) is 11.2. The van der Waals surface area contributed by atoms with Gasteiger partial charge in [-0.05, 0) is 31.2 Å². The number of aromatic carboxylic acids is 1. The number of aromatic nitrogens is 3. The Bertz CT molecular complexity index is 1360. The van der Waals surface area contributed by atoms with Gasteiger partial charge in [0, 0.05) is 28.2 Å². The number of carboxylic acid groups (broad SMARTS) is 1. The standard InChI is InChI=1S/C20H16FN3O5/c1-9-6-11-13(22-9)4-5-14(16(11)21)24-8-12(20(26)27)10-7-15(28-2)18(29-3)23-17(10)19(24)25/h4-8,22H,1-3H3,(H,26,27). The lowest BCUT2D eigenvalue weighted by atomic mass is 10.1. The molecule has 0 aliphatic rings. The average Bonchev–Trinajstić information content (AvgIpc) is 3.09. The number of aromatic amines is 1. The molecule has 0 unspecified atom stereocenters. The fraction of sp³-hybridized carbons (Fsp3) is 0.150. The number of fused-ring (bicyclic) bond motifs is 2. The minimum absolute atomic E-state index is 0.0170. The molecule has 0 atom stereocenters. The lowest BCUT2D eigenvalue weighted by molar-refractivity contribution is 0.0698. The van der Waals surface area contributed by atoms with E-state index >= 15 is 4.39 Å². The van der Waals surface area contributed by atoms with Crippen LogP contribution >= 0.6 is 0 Å². The highest BCUT2D eigenvalue weighted by Crippen LogP contribution is 2.30. The molecule has 0 spiro atoms. The van der Waals surface area contributed by atoms with E-state index in [-0.39, 0.29) is 33.8 Å². The van der Waals surface area contributed by atoms with Crippen LogP contribution in [0.4, 0.5) is 4.39 Å². The van der Waals surface area contributed by atoms with E-state index in [0.717, 1.165) is 16.5 Å². The third-order valence-electron chi connectivity index (χ3n) is 4.68. The third-order valence-corrected chi connectivity index (χ3v) is 4.68. The summed E-state index contributed by atoms with van der Waals surface area (Å²) in [5.41, 5.74) is 0.163. The molecule has 0 saturated carbocycles. The molecule has 8 nitrogen and oxygen atoms in total. The summed E-state index contributed by atoms with van der Waals surface area (Å²) < 4.78 is 26.4. The minimum atomic E-state index is -1.29. The fourth-order valence-corrected chi connectivity index (χ4v) is 3.34. The molecule has 0 radical (unpaired) electrons. The maximum absolute atomic E-state index is 15.2. The Morgan fingerprint density at radius 1 is 1.21 bits per heavy atom. The lowest BCUT2D eigenvalue weighted by Crippen LogP contribution is -2.22. The molecule has 0 aliphatic heterocycles. The predicted octanol–water partition coefficient (Wildman–Crippen LogP) is 3.03. The zero-order valence-corrected chi connectivity index (χ0v) is 15.7. The van der Waals surface area contributed by atoms with Gasteiger partial charge in [-0.1, -0.05) is 0 Å². The number of ether oxygens (including phenoxy) is 2. The van der Waals surface area contributed by atoms with Gasteiger partial charge in [0.1, 0.15) is 5.52 Å². The van der Waals surface area contributed by atoms with E-state index in [4.69, 9.17) is 9.47 Å². The third kappa shape index (κ3) is 2.78. The summed E-state index contributed by atoms with van der Waals surface area (Å²) in [5, 5.41) is 10.0. The van der Waals surface area contributed by atoms with Gasteiger partial charge >= 0.3 is 5.97 Å². The largest absolute Gasteiger partial charge is 0.491 e. The number of carbonyl (C=O) groups is 1. The van der Waals surface area contributed by atoms with Gasteiger partial charge < -0.3 is 19.6 Å². The molecular weight excluding hydrogens is 381 g/mol. The molecule has 3 aromatic heterocycles. The zero-order valence-electron chi connectivity index (χ0n) is 15.7. The van der Waals surface area contributed by atoms with Crippen LogP contribution in [0.3, 0.4) is 0 Å². The number of methoxy groups -OCH3 is 2. The quantitative estimate of drug-likeness (QED) is 0.548. The first kappa shape index (κ1) is 18.5. The molecule has 0 aliphatic carbocycles. The van der Waals surface area contributed by atoms with Crippen LogP contribution in [-0.2, 0) is 0 Å². The van der Waals surface area contributed by atoms with Gasteiger partial charge in [0.05, 0.1) is 25.5 Å². The number of nitrogens with one attached hydrogen (secondary N) is 1. The van der Waals surface area contributed by atoms with Gasteiger partial charge in [0.2, 0.25) is 0 Å². The minimum Gasteiger partial charge on any atom is -0.491 e. The van der Waals surface area contributed by atoms with Crippen LogP contribution in [0.2, 0.25) is 0 Å². The topological polar surface area (TPSA) is 106 Å².